The van der Waals surface area contributed by atoms with Crippen molar-refractivity contribution in [1.82, 2.24) is 4.98 Å². The first-order valence-corrected chi connectivity index (χ1v) is 5.15. The topological polar surface area (TPSA) is 36.7 Å². The predicted molar refractivity (Wildman–Crippen MR) is 53.1 cm³/mol. The average Bonchev–Trinajstić information content (AvgIpc) is 2.26. The first kappa shape index (κ1) is 14.6. The molecule has 0 bridgehead atoms. The van der Waals surface area contributed by atoms with Crippen molar-refractivity contribution >= 4 is 11.6 Å². The molecule has 0 aliphatic rings. The smallest absolute Gasteiger partial charge is 0.254 e. The molecule has 0 amide bonds. The van der Waals surface area contributed by atoms with E-state index in [0.29, 0.717) is 6.07 Å². The molecule has 8 heteroatoms. The first-order chi connectivity index (χ1) is 8.31. The van der Waals surface area contributed by atoms with Crippen LogP contribution in [0.3, 0.4) is 0 Å². The van der Waals surface area contributed by atoms with E-state index in [4.69, 9.17) is 16.9 Å². The Morgan fingerprint density at radius 1 is 1.33 bits per heavy atom. The van der Waals surface area contributed by atoms with E-state index in [2.05, 4.69) is 4.98 Å². The van der Waals surface area contributed by atoms with Crippen molar-refractivity contribution in [3.05, 3.63) is 28.6 Å². The monoisotopic (exact) mass is 284 g/mol. The molecule has 0 spiro atoms. The molecule has 0 saturated heterocycles. The normalized spacial score (nSPS) is 11.7. The van der Waals surface area contributed by atoms with Gasteiger partial charge in [-0.25, -0.2) is 8.78 Å². The lowest BCUT2D eigenvalue weighted by molar-refractivity contribution is -0.138. The van der Waals surface area contributed by atoms with Gasteiger partial charge in [0.2, 0.25) is 0 Å². The van der Waals surface area contributed by atoms with Gasteiger partial charge in [-0.15, -0.1) is 11.6 Å². The number of aromatic nitrogens is 1. The molecule has 0 N–H and O–H groups in total. The van der Waals surface area contributed by atoms with Crippen molar-refractivity contribution in [2.75, 3.05) is 0 Å². The molecule has 1 aromatic rings. The van der Waals surface area contributed by atoms with E-state index in [0.717, 1.165) is 0 Å². The number of rotatable bonds is 3. The van der Waals surface area contributed by atoms with E-state index in [9.17, 15) is 22.0 Å². The molecule has 0 atom stereocenters. The lowest BCUT2D eigenvalue weighted by atomic mass is 10.1. The summed E-state index contributed by atoms with van der Waals surface area (Å²) in [7, 11) is 0. The highest BCUT2D eigenvalue weighted by Gasteiger charge is 2.36. The van der Waals surface area contributed by atoms with Crippen LogP contribution < -0.4 is 0 Å². The van der Waals surface area contributed by atoms with Gasteiger partial charge < -0.3 is 0 Å². The SMILES string of the molecule is N#CCc1nc(CCl)c(C(F)F)cc1C(F)(F)F. The van der Waals surface area contributed by atoms with Crippen LogP contribution in [0.2, 0.25) is 0 Å². The van der Waals surface area contributed by atoms with Crippen molar-refractivity contribution < 1.29 is 22.0 Å². The average molecular weight is 285 g/mol. The van der Waals surface area contributed by atoms with Crippen LogP contribution in [0.5, 0.6) is 0 Å². The highest BCUT2D eigenvalue weighted by atomic mass is 35.5. The van der Waals surface area contributed by atoms with Crippen LogP contribution in [0, 0.1) is 11.3 Å². The Kier molecular flexibility index (Phi) is 4.46. The van der Waals surface area contributed by atoms with Crippen LogP contribution in [-0.4, -0.2) is 4.98 Å². The molecular formula is C10H6ClF5N2. The van der Waals surface area contributed by atoms with Crippen LogP contribution in [-0.2, 0) is 18.5 Å². The summed E-state index contributed by atoms with van der Waals surface area (Å²) in [6.07, 6.45) is -8.57. The number of nitriles is 1. The van der Waals surface area contributed by atoms with Crippen LogP contribution >= 0.6 is 11.6 Å². The molecule has 0 aliphatic heterocycles. The van der Waals surface area contributed by atoms with Gasteiger partial charge in [0.1, 0.15) is 0 Å². The molecule has 1 aromatic heterocycles. The fourth-order valence-corrected chi connectivity index (χ4v) is 1.57. The second-order valence-electron chi connectivity index (χ2n) is 3.29. The molecule has 0 aromatic carbocycles. The fourth-order valence-electron chi connectivity index (χ4n) is 1.36. The van der Waals surface area contributed by atoms with E-state index in [1.165, 1.54) is 6.07 Å². The highest BCUT2D eigenvalue weighted by Crippen LogP contribution is 2.35. The van der Waals surface area contributed by atoms with Crippen molar-refractivity contribution in [3.8, 4) is 6.07 Å². The molecule has 0 fully saturated rings. The Bertz CT molecular complexity index is 478. The number of pyridine rings is 1. The van der Waals surface area contributed by atoms with E-state index in [1.807, 2.05) is 0 Å². The number of hydrogen-bond donors (Lipinski definition) is 0. The Hall–Kier alpha value is -1.42. The summed E-state index contributed by atoms with van der Waals surface area (Å²) in [5, 5.41) is 8.41. The first-order valence-electron chi connectivity index (χ1n) is 4.62. The van der Waals surface area contributed by atoms with Gasteiger partial charge in [-0.2, -0.15) is 18.4 Å². The van der Waals surface area contributed by atoms with Crippen molar-refractivity contribution in [1.29, 1.82) is 5.26 Å². The minimum Gasteiger partial charge on any atom is -0.254 e. The highest BCUT2D eigenvalue weighted by molar-refractivity contribution is 6.17. The van der Waals surface area contributed by atoms with Gasteiger partial charge in [0.15, 0.2) is 0 Å². The molecule has 1 heterocycles. The molecule has 98 valence electrons. The van der Waals surface area contributed by atoms with E-state index >= 15 is 0 Å². The minimum atomic E-state index is -4.84. The van der Waals surface area contributed by atoms with Gasteiger partial charge >= 0.3 is 6.18 Å². The third-order valence-corrected chi connectivity index (χ3v) is 2.38. The van der Waals surface area contributed by atoms with Crippen LogP contribution in [0.15, 0.2) is 6.07 Å². The lowest BCUT2D eigenvalue weighted by Gasteiger charge is -2.14. The van der Waals surface area contributed by atoms with Crippen molar-refractivity contribution in [3.63, 3.8) is 0 Å². The summed E-state index contributed by atoms with van der Waals surface area (Å²) in [6, 6.07) is 1.81. The Morgan fingerprint density at radius 2 is 1.94 bits per heavy atom. The summed E-state index contributed by atoms with van der Waals surface area (Å²) in [5.41, 5.74) is -3.12. The van der Waals surface area contributed by atoms with Gasteiger partial charge in [-0.1, -0.05) is 0 Å². The molecule has 0 aliphatic carbocycles. The standard InChI is InChI=1S/C10H6ClF5N2/c11-4-8-5(9(12)13)3-6(10(14,15)16)7(18-8)1-2-17/h3,9H,1,4H2. The maximum atomic E-state index is 12.6. The van der Waals surface area contributed by atoms with E-state index < -0.39 is 41.7 Å². The van der Waals surface area contributed by atoms with Crippen molar-refractivity contribution in [2.24, 2.45) is 0 Å². The lowest BCUT2D eigenvalue weighted by Crippen LogP contribution is -2.14. The van der Waals surface area contributed by atoms with Gasteiger partial charge in [0, 0.05) is 5.56 Å². The van der Waals surface area contributed by atoms with Crippen LogP contribution in [0.1, 0.15) is 28.9 Å². The molecule has 0 saturated carbocycles. The van der Waals surface area contributed by atoms with Crippen LogP contribution in [0.4, 0.5) is 22.0 Å². The van der Waals surface area contributed by atoms with Gasteiger partial charge in [-0.05, 0) is 6.07 Å². The molecule has 0 radical (unpaired) electrons. The molecule has 2 nitrogen and oxygen atoms in total. The number of alkyl halides is 6. The third kappa shape index (κ3) is 3.07. The zero-order valence-electron chi connectivity index (χ0n) is 8.73. The molecule has 1 rings (SSSR count). The summed E-state index contributed by atoms with van der Waals surface area (Å²) in [5.74, 6) is -0.448. The second-order valence-corrected chi connectivity index (χ2v) is 3.55. The summed E-state index contributed by atoms with van der Waals surface area (Å²) in [4.78, 5) is 3.41. The second kappa shape index (κ2) is 5.48. The molecule has 18 heavy (non-hydrogen) atoms. The maximum Gasteiger partial charge on any atom is 0.418 e. The summed E-state index contributed by atoms with van der Waals surface area (Å²) < 4.78 is 63.0. The fraction of sp³-hybridized carbons (Fsp3) is 0.400. The maximum absolute atomic E-state index is 12.6. The Labute approximate surface area is 104 Å². The van der Waals surface area contributed by atoms with E-state index in [-0.39, 0.29) is 5.69 Å². The molecular weight excluding hydrogens is 279 g/mol. The van der Waals surface area contributed by atoms with Crippen LogP contribution in [0.25, 0.3) is 0 Å². The molecule has 0 unspecified atom stereocenters. The summed E-state index contributed by atoms with van der Waals surface area (Å²) >= 11 is 5.35. The van der Waals surface area contributed by atoms with Gasteiger partial charge in [-0.3, -0.25) is 4.98 Å². The van der Waals surface area contributed by atoms with E-state index in [1.54, 1.807) is 0 Å². The zero-order chi connectivity index (χ0) is 13.9. The quantitative estimate of drug-likeness (QED) is 0.624. The summed E-state index contributed by atoms with van der Waals surface area (Å²) in [6.45, 7) is 0. The number of nitrogens with zero attached hydrogens (tertiary/aromatic N) is 2. The third-order valence-electron chi connectivity index (χ3n) is 2.13. The van der Waals surface area contributed by atoms with Gasteiger partial charge in [0.05, 0.1) is 35.3 Å². The predicted octanol–water partition coefficient (Wildman–Crippen LogP) is 3.84. The largest absolute Gasteiger partial charge is 0.418 e. The minimum absolute atomic E-state index is 0.308. The van der Waals surface area contributed by atoms with Gasteiger partial charge in [0.25, 0.3) is 6.43 Å². The Balaban J connectivity index is 3.48. The number of hydrogen-bond acceptors (Lipinski definition) is 2. The zero-order valence-corrected chi connectivity index (χ0v) is 9.49. The number of halogens is 6. The van der Waals surface area contributed by atoms with Crippen molar-refractivity contribution in [2.45, 2.75) is 24.9 Å². The Morgan fingerprint density at radius 3 is 2.33 bits per heavy atom.